The minimum atomic E-state index is -3.66. The summed E-state index contributed by atoms with van der Waals surface area (Å²) < 4.78 is 35.2. The zero-order valence-electron chi connectivity index (χ0n) is 15.5. The number of nitrogens with one attached hydrogen (secondary N) is 1. The van der Waals surface area contributed by atoms with Gasteiger partial charge in [-0.25, -0.2) is 13.4 Å². The van der Waals surface area contributed by atoms with Crippen molar-refractivity contribution in [1.82, 2.24) is 9.55 Å². The van der Waals surface area contributed by atoms with Crippen molar-refractivity contribution in [1.29, 1.82) is 0 Å². The molecule has 28 heavy (non-hydrogen) atoms. The standard InChI is InChI=1S/C21H19N3O3S/c1-15-3-7-19(8-4-15)28(25,26)23-17-5-10-21(22-14-17)27-18-6-9-20-16(13-18)11-12-24(20)2/h3-14,23H,1-2H3. The molecule has 4 aromatic rings. The van der Waals surface area contributed by atoms with E-state index >= 15 is 0 Å². The lowest BCUT2D eigenvalue weighted by Crippen LogP contribution is -2.13. The van der Waals surface area contributed by atoms with Crippen LogP contribution < -0.4 is 9.46 Å². The average molecular weight is 393 g/mol. The Morgan fingerprint density at radius 1 is 1.00 bits per heavy atom. The summed E-state index contributed by atoms with van der Waals surface area (Å²) in [5.74, 6) is 1.05. The maximum Gasteiger partial charge on any atom is 0.261 e. The summed E-state index contributed by atoms with van der Waals surface area (Å²) in [6, 6.07) is 17.7. The highest BCUT2D eigenvalue weighted by Gasteiger charge is 2.14. The molecule has 2 heterocycles. The third-order valence-corrected chi connectivity index (χ3v) is 5.80. The summed E-state index contributed by atoms with van der Waals surface area (Å²) in [4.78, 5) is 4.40. The molecule has 2 aromatic heterocycles. The molecule has 4 rings (SSSR count). The van der Waals surface area contributed by atoms with Gasteiger partial charge in [-0.15, -0.1) is 0 Å². The average Bonchev–Trinajstić information content (AvgIpc) is 3.04. The van der Waals surface area contributed by atoms with Crippen molar-refractivity contribution in [2.24, 2.45) is 7.05 Å². The van der Waals surface area contributed by atoms with E-state index in [0.29, 0.717) is 17.3 Å². The van der Waals surface area contributed by atoms with Crippen molar-refractivity contribution in [3.05, 3.63) is 78.6 Å². The monoisotopic (exact) mass is 393 g/mol. The zero-order chi connectivity index (χ0) is 19.7. The fourth-order valence-corrected chi connectivity index (χ4v) is 3.92. The molecule has 0 aliphatic carbocycles. The number of hydrogen-bond donors (Lipinski definition) is 1. The van der Waals surface area contributed by atoms with Gasteiger partial charge in [0.25, 0.3) is 10.0 Å². The van der Waals surface area contributed by atoms with Crippen LogP contribution in [0.25, 0.3) is 10.9 Å². The predicted molar refractivity (Wildman–Crippen MR) is 109 cm³/mol. The van der Waals surface area contributed by atoms with Crippen LogP contribution in [0.3, 0.4) is 0 Å². The third kappa shape index (κ3) is 3.70. The molecule has 0 radical (unpaired) electrons. The molecular formula is C21H19N3O3S. The first-order valence-corrected chi connectivity index (χ1v) is 10.2. The number of nitrogens with zero attached hydrogens (tertiary/aromatic N) is 2. The van der Waals surface area contributed by atoms with E-state index in [-0.39, 0.29) is 4.90 Å². The Labute approximate surface area is 163 Å². The van der Waals surface area contributed by atoms with Crippen LogP contribution in [0.4, 0.5) is 5.69 Å². The number of anilines is 1. The lowest BCUT2D eigenvalue weighted by atomic mass is 10.2. The molecule has 0 bridgehead atoms. The summed E-state index contributed by atoms with van der Waals surface area (Å²) in [5.41, 5.74) is 2.48. The number of rotatable bonds is 5. The molecule has 0 saturated heterocycles. The molecule has 0 aliphatic heterocycles. The molecule has 1 N–H and O–H groups in total. The SMILES string of the molecule is Cc1ccc(S(=O)(=O)Nc2ccc(Oc3ccc4c(ccn4C)c3)nc2)cc1. The topological polar surface area (TPSA) is 73.2 Å². The van der Waals surface area contributed by atoms with Crippen molar-refractivity contribution in [3.8, 4) is 11.6 Å². The van der Waals surface area contributed by atoms with Gasteiger partial charge >= 0.3 is 0 Å². The number of ether oxygens (including phenoxy) is 1. The van der Waals surface area contributed by atoms with Gasteiger partial charge in [-0.1, -0.05) is 17.7 Å². The second-order valence-corrected chi connectivity index (χ2v) is 8.24. The number of fused-ring (bicyclic) bond motifs is 1. The van der Waals surface area contributed by atoms with Crippen LogP contribution in [0.5, 0.6) is 11.6 Å². The summed E-state index contributed by atoms with van der Waals surface area (Å²) in [6.45, 7) is 1.90. The van der Waals surface area contributed by atoms with Crippen LogP contribution >= 0.6 is 0 Å². The van der Waals surface area contributed by atoms with Crippen LogP contribution in [-0.4, -0.2) is 18.0 Å². The van der Waals surface area contributed by atoms with Gasteiger partial charge in [0, 0.05) is 30.2 Å². The van der Waals surface area contributed by atoms with E-state index in [4.69, 9.17) is 4.74 Å². The number of pyridine rings is 1. The first-order valence-electron chi connectivity index (χ1n) is 8.69. The fourth-order valence-electron chi connectivity index (χ4n) is 2.88. The molecule has 0 aliphatic rings. The second-order valence-electron chi connectivity index (χ2n) is 6.55. The Morgan fingerprint density at radius 2 is 1.79 bits per heavy atom. The Bertz CT molecular complexity index is 1230. The molecule has 0 spiro atoms. The molecule has 142 valence electrons. The van der Waals surface area contributed by atoms with Gasteiger partial charge in [0.15, 0.2) is 0 Å². The lowest BCUT2D eigenvalue weighted by molar-refractivity contribution is 0.464. The second kappa shape index (κ2) is 7.01. The quantitative estimate of drug-likeness (QED) is 0.543. The Kier molecular flexibility index (Phi) is 4.52. The lowest BCUT2D eigenvalue weighted by Gasteiger charge is -2.09. The number of aromatic nitrogens is 2. The molecule has 0 amide bonds. The molecule has 0 unspecified atom stereocenters. The van der Waals surface area contributed by atoms with Crippen LogP contribution in [0.2, 0.25) is 0 Å². The highest BCUT2D eigenvalue weighted by molar-refractivity contribution is 7.92. The molecular weight excluding hydrogens is 374 g/mol. The van der Waals surface area contributed by atoms with Crippen LogP contribution in [0.15, 0.2) is 78.0 Å². The van der Waals surface area contributed by atoms with E-state index in [1.165, 1.54) is 6.20 Å². The fraction of sp³-hybridized carbons (Fsp3) is 0.0952. The van der Waals surface area contributed by atoms with E-state index in [1.54, 1.807) is 36.4 Å². The largest absolute Gasteiger partial charge is 0.439 e. The maximum absolute atomic E-state index is 12.4. The number of benzene rings is 2. The summed E-state index contributed by atoms with van der Waals surface area (Å²) in [7, 11) is -1.67. The van der Waals surface area contributed by atoms with Crippen molar-refractivity contribution in [2.45, 2.75) is 11.8 Å². The highest BCUT2D eigenvalue weighted by Crippen LogP contribution is 2.26. The van der Waals surface area contributed by atoms with Crippen molar-refractivity contribution >= 4 is 26.6 Å². The molecule has 2 aromatic carbocycles. The van der Waals surface area contributed by atoms with E-state index in [0.717, 1.165) is 16.5 Å². The van der Waals surface area contributed by atoms with Gasteiger partial charge in [0.05, 0.1) is 16.8 Å². The van der Waals surface area contributed by atoms with Crippen molar-refractivity contribution in [3.63, 3.8) is 0 Å². The van der Waals surface area contributed by atoms with Gasteiger partial charge in [0.1, 0.15) is 5.75 Å². The third-order valence-electron chi connectivity index (χ3n) is 4.40. The predicted octanol–water partition coefficient (Wildman–Crippen LogP) is 4.47. The van der Waals surface area contributed by atoms with Crippen molar-refractivity contribution < 1.29 is 13.2 Å². The van der Waals surface area contributed by atoms with Gasteiger partial charge in [-0.2, -0.15) is 0 Å². The zero-order valence-corrected chi connectivity index (χ0v) is 16.3. The summed E-state index contributed by atoms with van der Waals surface area (Å²) in [5, 5.41) is 1.07. The van der Waals surface area contributed by atoms with Gasteiger partial charge in [-0.05, 0) is 49.4 Å². The molecule has 0 atom stereocenters. The van der Waals surface area contributed by atoms with Gasteiger partial charge in [0.2, 0.25) is 5.88 Å². The van der Waals surface area contributed by atoms with Crippen LogP contribution in [-0.2, 0) is 17.1 Å². The summed E-state index contributed by atoms with van der Waals surface area (Å²) in [6.07, 6.45) is 3.42. The van der Waals surface area contributed by atoms with Crippen LogP contribution in [0.1, 0.15) is 5.56 Å². The Hall–Kier alpha value is -3.32. The first-order chi connectivity index (χ1) is 13.4. The smallest absolute Gasteiger partial charge is 0.261 e. The van der Waals surface area contributed by atoms with Crippen molar-refractivity contribution in [2.75, 3.05) is 4.72 Å². The van der Waals surface area contributed by atoms with Gasteiger partial charge < -0.3 is 9.30 Å². The molecule has 0 fully saturated rings. The van der Waals surface area contributed by atoms with Crippen LogP contribution in [0, 0.1) is 6.92 Å². The van der Waals surface area contributed by atoms with E-state index in [1.807, 2.05) is 49.0 Å². The van der Waals surface area contributed by atoms with E-state index < -0.39 is 10.0 Å². The highest BCUT2D eigenvalue weighted by atomic mass is 32.2. The minimum Gasteiger partial charge on any atom is -0.439 e. The van der Waals surface area contributed by atoms with E-state index in [9.17, 15) is 8.42 Å². The number of hydrogen-bond acceptors (Lipinski definition) is 4. The van der Waals surface area contributed by atoms with E-state index in [2.05, 4.69) is 9.71 Å². The molecule has 6 nitrogen and oxygen atoms in total. The minimum absolute atomic E-state index is 0.203. The number of aryl methyl sites for hydroxylation is 2. The summed E-state index contributed by atoms with van der Waals surface area (Å²) >= 11 is 0. The normalized spacial score (nSPS) is 11.5. The molecule has 0 saturated carbocycles. The molecule has 7 heteroatoms. The Balaban J connectivity index is 1.49. The Morgan fingerprint density at radius 3 is 2.50 bits per heavy atom. The van der Waals surface area contributed by atoms with Gasteiger partial charge in [-0.3, -0.25) is 4.72 Å². The number of sulfonamides is 1. The maximum atomic E-state index is 12.4. The first kappa shape index (κ1) is 18.1.